The Balaban J connectivity index is 1.53. The second kappa shape index (κ2) is 11.8. The highest BCUT2D eigenvalue weighted by molar-refractivity contribution is 6.01. The van der Waals surface area contributed by atoms with Crippen molar-refractivity contribution in [1.82, 2.24) is 19.7 Å². The molecule has 0 saturated heterocycles. The number of amides is 2. The van der Waals surface area contributed by atoms with Gasteiger partial charge in [-0.25, -0.2) is 9.78 Å². The van der Waals surface area contributed by atoms with E-state index in [1.54, 1.807) is 30.6 Å². The molecule has 4 rings (SSSR count). The van der Waals surface area contributed by atoms with Crippen LogP contribution in [0, 0.1) is 18.8 Å². The first-order chi connectivity index (χ1) is 18.7. The number of fused-ring (bicyclic) bond motifs is 3. The molecule has 2 atom stereocenters. The highest BCUT2D eigenvalue weighted by Crippen LogP contribution is 2.26. The van der Waals surface area contributed by atoms with Crippen LogP contribution in [0.4, 0.5) is 5.69 Å². The number of aromatic nitrogens is 3. The molecule has 2 amide bonds. The van der Waals surface area contributed by atoms with E-state index in [1.807, 2.05) is 32.9 Å². The Bertz CT molecular complexity index is 1600. The standard InChI is InChI=1S/C29H31N5O5/c1-5-17(2)19(4)26(35)33-21-8-9-22-18(3)16-34-25(23(22)13-21)32-15-24(28(34)37)29(38)39-12-11-31-27(36)20-7-6-10-30-14-20/h6-10,13-17,19H,5,11-12H2,1-4H3,(H,31,36)(H,33,35). The molecule has 0 bridgehead atoms. The normalized spacial score (nSPS) is 12.6. The Kier molecular flexibility index (Phi) is 8.33. The molecule has 0 aliphatic rings. The van der Waals surface area contributed by atoms with Crippen LogP contribution in [0.1, 0.15) is 53.5 Å². The van der Waals surface area contributed by atoms with Gasteiger partial charge in [-0.2, -0.15) is 0 Å². The third-order valence-corrected chi connectivity index (χ3v) is 6.94. The first-order valence-electron chi connectivity index (χ1n) is 12.8. The first-order valence-corrected chi connectivity index (χ1v) is 12.8. The number of anilines is 1. The maximum atomic E-state index is 13.2. The molecule has 1 aromatic carbocycles. The van der Waals surface area contributed by atoms with Gasteiger partial charge in [-0.1, -0.05) is 33.3 Å². The van der Waals surface area contributed by atoms with Crippen LogP contribution in [0.15, 0.2) is 59.9 Å². The molecule has 39 heavy (non-hydrogen) atoms. The fraction of sp³-hybridized carbons (Fsp3) is 0.310. The average molecular weight is 530 g/mol. The maximum absolute atomic E-state index is 13.2. The summed E-state index contributed by atoms with van der Waals surface area (Å²) in [7, 11) is 0. The zero-order valence-corrected chi connectivity index (χ0v) is 22.4. The minimum absolute atomic E-state index is 0.0652. The van der Waals surface area contributed by atoms with E-state index in [0.717, 1.165) is 17.4 Å². The van der Waals surface area contributed by atoms with E-state index < -0.39 is 11.5 Å². The summed E-state index contributed by atoms with van der Waals surface area (Å²) in [6.45, 7) is 7.79. The second-order valence-electron chi connectivity index (χ2n) is 9.54. The van der Waals surface area contributed by atoms with Gasteiger partial charge in [0.05, 0.1) is 12.1 Å². The summed E-state index contributed by atoms with van der Waals surface area (Å²) < 4.78 is 6.52. The van der Waals surface area contributed by atoms with Crippen molar-refractivity contribution in [1.29, 1.82) is 0 Å². The van der Waals surface area contributed by atoms with Crippen molar-refractivity contribution in [2.24, 2.45) is 11.8 Å². The molecule has 0 spiro atoms. The molecule has 0 fully saturated rings. The van der Waals surface area contributed by atoms with Crippen LogP contribution in [0.3, 0.4) is 0 Å². The van der Waals surface area contributed by atoms with Crippen molar-refractivity contribution in [3.05, 3.63) is 82.2 Å². The van der Waals surface area contributed by atoms with Crippen molar-refractivity contribution >= 4 is 39.9 Å². The van der Waals surface area contributed by atoms with Crippen LogP contribution in [0.25, 0.3) is 16.4 Å². The van der Waals surface area contributed by atoms with Gasteiger partial charge in [0.2, 0.25) is 5.91 Å². The quantitative estimate of drug-likeness (QED) is 0.192. The largest absolute Gasteiger partial charge is 0.460 e. The Morgan fingerprint density at radius 3 is 2.62 bits per heavy atom. The van der Waals surface area contributed by atoms with Crippen molar-refractivity contribution < 1.29 is 19.1 Å². The maximum Gasteiger partial charge on any atom is 0.345 e. The molecule has 2 unspecified atom stereocenters. The van der Waals surface area contributed by atoms with Gasteiger partial charge < -0.3 is 15.4 Å². The van der Waals surface area contributed by atoms with Crippen LogP contribution in [-0.4, -0.2) is 45.3 Å². The number of benzene rings is 1. The van der Waals surface area contributed by atoms with Crippen LogP contribution < -0.4 is 16.2 Å². The van der Waals surface area contributed by atoms with E-state index in [4.69, 9.17) is 4.74 Å². The molecule has 10 heteroatoms. The zero-order valence-electron chi connectivity index (χ0n) is 22.4. The van der Waals surface area contributed by atoms with E-state index in [0.29, 0.717) is 22.3 Å². The van der Waals surface area contributed by atoms with Gasteiger partial charge in [0, 0.05) is 41.8 Å². The predicted octanol–water partition coefficient (Wildman–Crippen LogP) is 3.76. The topological polar surface area (TPSA) is 132 Å². The van der Waals surface area contributed by atoms with Gasteiger partial charge >= 0.3 is 5.97 Å². The number of esters is 1. The lowest BCUT2D eigenvalue weighted by atomic mass is 9.93. The Hall–Kier alpha value is -4.60. The number of nitrogens with zero attached hydrogens (tertiary/aromatic N) is 3. The number of nitrogens with one attached hydrogen (secondary N) is 2. The molecule has 0 aliphatic heterocycles. The third-order valence-electron chi connectivity index (χ3n) is 6.94. The van der Waals surface area contributed by atoms with Gasteiger partial charge in [-0.05, 0) is 48.1 Å². The molecule has 0 aliphatic carbocycles. The SMILES string of the molecule is CCC(C)C(C)C(=O)Nc1ccc2c(C)cn3c(=O)c(C(=O)OCCNC(=O)c4cccnc4)cnc3c2c1. The van der Waals surface area contributed by atoms with E-state index in [1.165, 1.54) is 16.8 Å². The molecule has 0 radical (unpaired) electrons. The number of aryl methyl sites for hydroxylation is 1. The lowest BCUT2D eigenvalue weighted by molar-refractivity contribution is -0.120. The van der Waals surface area contributed by atoms with Crippen LogP contribution in [0.2, 0.25) is 0 Å². The fourth-order valence-electron chi connectivity index (χ4n) is 4.20. The number of carbonyl (C=O) groups excluding carboxylic acids is 3. The van der Waals surface area contributed by atoms with E-state index >= 15 is 0 Å². The van der Waals surface area contributed by atoms with Gasteiger partial charge in [0.25, 0.3) is 11.5 Å². The van der Waals surface area contributed by atoms with E-state index in [2.05, 4.69) is 27.5 Å². The number of hydrogen-bond donors (Lipinski definition) is 2. The lowest BCUT2D eigenvalue weighted by Gasteiger charge is -2.18. The Morgan fingerprint density at radius 1 is 1.10 bits per heavy atom. The van der Waals surface area contributed by atoms with Crippen molar-refractivity contribution in [2.45, 2.75) is 34.1 Å². The number of carbonyl (C=O) groups is 3. The van der Waals surface area contributed by atoms with Crippen LogP contribution >= 0.6 is 0 Å². The summed E-state index contributed by atoms with van der Waals surface area (Å²) in [6.07, 6.45) is 6.71. The second-order valence-corrected chi connectivity index (χ2v) is 9.54. The number of ether oxygens (including phenoxy) is 1. The summed E-state index contributed by atoms with van der Waals surface area (Å²) in [4.78, 5) is 58.9. The molecule has 202 valence electrons. The molecule has 3 aromatic heterocycles. The van der Waals surface area contributed by atoms with Crippen molar-refractivity contribution in [3.8, 4) is 0 Å². The summed E-state index contributed by atoms with van der Waals surface area (Å²) >= 11 is 0. The summed E-state index contributed by atoms with van der Waals surface area (Å²) in [5, 5.41) is 7.13. The smallest absolute Gasteiger partial charge is 0.345 e. The van der Waals surface area contributed by atoms with Gasteiger partial charge in [0.15, 0.2) is 0 Å². The molecule has 4 aromatic rings. The minimum atomic E-state index is -0.838. The van der Waals surface area contributed by atoms with Crippen molar-refractivity contribution in [3.63, 3.8) is 0 Å². The number of rotatable bonds is 9. The van der Waals surface area contributed by atoms with Crippen LogP contribution in [-0.2, 0) is 9.53 Å². The minimum Gasteiger partial charge on any atom is -0.460 e. The lowest BCUT2D eigenvalue weighted by Crippen LogP contribution is -2.30. The third kappa shape index (κ3) is 5.95. The van der Waals surface area contributed by atoms with Gasteiger partial charge in [0.1, 0.15) is 17.8 Å². The van der Waals surface area contributed by atoms with Crippen molar-refractivity contribution in [2.75, 3.05) is 18.5 Å². The summed E-state index contributed by atoms with van der Waals surface area (Å²) in [5.41, 5.74) is 1.34. The monoisotopic (exact) mass is 529 g/mol. The van der Waals surface area contributed by atoms with Crippen LogP contribution in [0.5, 0.6) is 0 Å². The molecule has 10 nitrogen and oxygen atoms in total. The Labute approximate surface area is 225 Å². The fourth-order valence-corrected chi connectivity index (χ4v) is 4.20. The Morgan fingerprint density at radius 2 is 1.90 bits per heavy atom. The average Bonchev–Trinajstić information content (AvgIpc) is 2.95. The molecular weight excluding hydrogens is 498 g/mol. The summed E-state index contributed by atoms with van der Waals surface area (Å²) in [6, 6.07) is 8.75. The predicted molar refractivity (Wildman–Crippen MR) is 148 cm³/mol. The van der Waals surface area contributed by atoms with Gasteiger partial charge in [-0.15, -0.1) is 0 Å². The zero-order chi connectivity index (χ0) is 28.1. The number of pyridine rings is 2. The van der Waals surface area contributed by atoms with E-state index in [9.17, 15) is 19.2 Å². The molecule has 2 N–H and O–H groups in total. The molecule has 3 heterocycles. The number of hydrogen-bond acceptors (Lipinski definition) is 7. The summed E-state index contributed by atoms with van der Waals surface area (Å²) in [5.74, 6) is -1.18. The van der Waals surface area contributed by atoms with Gasteiger partial charge in [-0.3, -0.25) is 23.8 Å². The molecular formula is C29H31N5O5. The highest BCUT2D eigenvalue weighted by Gasteiger charge is 2.20. The molecule has 0 saturated carbocycles. The first kappa shape index (κ1) is 27.4. The van der Waals surface area contributed by atoms with E-state index in [-0.39, 0.29) is 42.4 Å². The highest BCUT2D eigenvalue weighted by atomic mass is 16.5.